The largest absolute Gasteiger partial charge is 0.492 e. The van der Waals surface area contributed by atoms with Crippen LogP contribution in [0.5, 0.6) is 5.75 Å². The normalized spacial score (nSPS) is 12.0. The van der Waals surface area contributed by atoms with Gasteiger partial charge in [0.05, 0.1) is 11.6 Å². The lowest BCUT2D eigenvalue weighted by atomic mass is 10.1. The average molecular weight is 308 g/mol. The monoisotopic (exact) mass is 307 g/mol. The van der Waals surface area contributed by atoms with Gasteiger partial charge < -0.3 is 10.1 Å². The number of benzene rings is 2. The number of rotatable bonds is 6. The molecule has 0 bridgehead atoms. The fourth-order valence-corrected chi connectivity index (χ4v) is 2.43. The van der Waals surface area contributed by atoms with Gasteiger partial charge in [-0.3, -0.25) is 0 Å². The van der Waals surface area contributed by atoms with E-state index >= 15 is 0 Å². The topological polar surface area (TPSA) is 21.3 Å². The van der Waals surface area contributed by atoms with E-state index in [1.54, 1.807) is 12.1 Å². The van der Waals surface area contributed by atoms with Gasteiger partial charge in [0.15, 0.2) is 0 Å². The van der Waals surface area contributed by atoms with Gasteiger partial charge >= 0.3 is 0 Å². The third-order valence-corrected chi connectivity index (χ3v) is 3.42. The maximum absolute atomic E-state index is 13.6. The number of hydrogen-bond donors (Lipinski definition) is 1. The van der Waals surface area contributed by atoms with E-state index in [0.717, 1.165) is 5.69 Å². The highest BCUT2D eigenvalue weighted by Crippen LogP contribution is 2.28. The summed E-state index contributed by atoms with van der Waals surface area (Å²) in [6, 6.07) is 12.5. The second kappa shape index (κ2) is 7.32. The fourth-order valence-electron chi connectivity index (χ4n) is 2.19. The molecule has 2 aromatic carbocycles. The van der Waals surface area contributed by atoms with E-state index in [1.165, 1.54) is 6.07 Å². The van der Waals surface area contributed by atoms with Crippen LogP contribution in [0.1, 0.15) is 19.4 Å². The van der Waals surface area contributed by atoms with Crippen molar-refractivity contribution < 1.29 is 9.13 Å². The Kier molecular flexibility index (Phi) is 5.45. The van der Waals surface area contributed by atoms with E-state index in [0.29, 0.717) is 29.4 Å². The molecule has 2 aromatic rings. The molecule has 0 spiro atoms. The summed E-state index contributed by atoms with van der Waals surface area (Å²) < 4.78 is 19.0. The van der Waals surface area contributed by atoms with Gasteiger partial charge in [-0.2, -0.15) is 0 Å². The minimum Gasteiger partial charge on any atom is -0.492 e. The number of nitrogens with one attached hydrogen (secondary N) is 1. The first-order valence-electron chi connectivity index (χ1n) is 7.02. The molecule has 0 saturated heterocycles. The Morgan fingerprint density at radius 2 is 2.00 bits per heavy atom. The van der Waals surface area contributed by atoms with Crippen LogP contribution in [0.25, 0.3) is 0 Å². The minimum absolute atomic E-state index is 0.0934. The Morgan fingerprint density at radius 3 is 2.67 bits per heavy atom. The van der Waals surface area contributed by atoms with E-state index in [9.17, 15) is 4.39 Å². The Balaban J connectivity index is 2.01. The highest BCUT2D eigenvalue weighted by atomic mass is 35.5. The van der Waals surface area contributed by atoms with Gasteiger partial charge in [-0.05, 0) is 50.1 Å². The van der Waals surface area contributed by atoms with E-state index in [2.05, 4.69) is 5.32 Å². The summed E-state index contributed by atoms with van der Waals surface area (Å²) in [5.74, 6) is 0.502. The predicted molar refractivity (Wildman–Crippen MR) is 85.8 cm³/mol. The molecule has 1 atom stereocenters. The van der Waals surface area contributed by atoms with Gasteiger partial charge in [0.25, 0.3) is 0 Å². The Bertz CT molecular complexity index is 603. The molecule has 0 saturated carbocycles. The molecule has 0 aliphatic carbocycles. The first-order valence-corrected chi connectivity index (χ1v) is 7.40. The lowest BCUT2D eigenvalue weighted by molar-refractivity contribution is 0.340. The maximum Gasteiger partial charge on any atom is 0.138 e. The molecule has 0 radical (unpaired) electrons. The van der Waals surface area contributed by atoms with Gasteiger partial charge in [0.1, 0.15) is 11.6 Å². The third-order valence-electron chi connectivity index (χ3n) is 3.13. The molecule has 0 aliphatic rings. The quantitative estimate of drug-likeness (QED) is 0.817. The van der Waals surface area contributed by atoms with Crippen molar-refractivity contribution in [3.05, 3.63) is 58.9 Å². The van der Waals surface area contributed by atoms with Gasteiger partial charge in [-0.15, -0.1) is 0 Å². The van der Waals surface area contributed by atoms with Crippen molar-refractivity contribution in [2.75, 3.05) is 11.9 Å². The van der Waals surface area contributed by atoms with Crippen molar-refractivity contribution in [3.8, 4) is 5.75 Å². The first kappa shape index (κ1) is 15.6. The molecule has 21 heavy (non-hydrogen) atoms. The third kappa shape index (κ3) is 4.36. The van der Waals surface area contributed by atoms with Crippen LogP contribution in [0.15, 0.2) is 42.5 Å². The van der Waals surface area contributed by atoms with Crippen molar-refractivity contribution in [2.45, 2.75) is 26.3 Å². The zero-order valence-corrected chi connectivity index (χ0v) is 13.0. The number of anilines is 1. The van der Waals surface area contributed by atoms with Crippen LogP contribution in [0.4, 0.5) is 10.1 Å². The zero-order chi connectivity index (χ0) is 15.2. The Hall–Kier alpha value is -1.74. The van der Waals surface area contributed by atoms with Crippen molar-refractivity contribution in [2.24, 2.45) is 0 Å². The highest BCUT2D eigenvalue weighted by Gasteiger charge is 2.09. The SMILES string of the molecule is CCOc1ccc(NC(C)Cc2ccccc2F)cc1Cl. The van der Waals surface area contributed by atoms with E-state index in [-0.39, 0.29) is 11.9 Å². The molecule has 0 fully saturated rings. The van der Waals surface area contributed by atoms with Gasteiger partial charge in [0, 0.05) is 11.7 Å². The van der Waals surface area contributed by atoms with Crippen molar-refractivity contribution >= 4 is 17.3 Å². The minimum atomic E-state index is -0.170. The molecule has 0 amide bonds. The smallest absolute Gasteiger partial charge is 0.138 e. The van der Waals surface area contributed by atoms with Crippen molar-refractivity contribution in [3.63, 3.8) is 0 Å². The molecule has 4 heteroatoms. The second-order valence-electron chi connectivity index (χ2n) is 4.92. The molecule has 2 nitrogen and oxygen atoms in total. The molecule has 112 valence electrons. The number of ether oxygens (including phenoxy) is 1. The highest BCUT2D eigenvalue weighted by molar-refractivity contribution is 6.32. The van der Waals surface area contributed by atoms with Crippen LogP contribution in [-0.4, -0.2) is 12.6 Å². The average Bonchev–Trinajstić information content (AvgIpc) is 2.44. The van der Waals surface area contributed by atoms with Crippen LogP contribution < -0.4 is 10.1 Å². The van der Waals surface area contributed by atoms with Gasteiger partial charge in [0.2, 0.25) is 0 Å². The van der Waals surface area contributed by atoms with E-state index in [1.807, 2.05) is 38.1 Å². The molecule has 2 rings (SSSR count). The summed E-state index contributed by atoms with van der Waals surface area (Å²) in [7, 11) is 0. The molecular weight excluding hydrogens is 289 g/mol. The van der Waals surface area contributed by atoms with Crippen LogP contribution in [0.3, 0.4) is 0 Å². The number of halogens is 2. The summed E-state index contributed by atoms with van der Waals surface area (Å²) in [4.78, 5) is 0. The fraction of sp³-hybridized carbons (Fsp3) is 0.294. The van der Waals surface area contributed by atoms with Crippen molar-refractivity contribution in [1.82, 2.24) is 0 Å². The molecule has 1 N–H and O–H groups in total. The summed E-state index contributed by atoms with van der Waals surface area (Å²) in [5.41, 5.74) is 1.60. The zero-order valence-electron chi connectivity index (χ0n) is 12.2. The summed E-state index contributed by atoms with van der Waals surface area (Å²) in [5, 5.41) is 3.89. The Labute approximate surface area is 129 Å². The van der Waals surface area contributed by atoms with Crippen LogP contribution in [-0.2, 0) is 6.42 Å². The lowest BCUT2D eigenvalue weighted by Gasteiger charge is -2.16. The summed E-state index contributed by atoms with van der Waals surface area (Å²) in [6.07, 6.45) is 0.609. The summed E-state index contributed by atoms with van der Waals surface area (Å²) >= 11 is 6.15. The molecule has 0 aliphatic heterocycles. The van der Waals surface area contributed by atoms with E-state index in [4.69, 9.17) is 16.3 Å². The van der Waals surface area contributed by atoms with Gasteiger partial charge in [-0.25, -0.2) is 4.39 Å². The Morgan fingerprint density at radius 1 is 1.24 bits per heavy atom. The van der Waals surface area contributed by atoms with Gasteiger partial charge in [-0.1, -0.05) is 29.8 Å². The number of hydrogen-bond acceptors (Lipinski definition) is 2. The van der Waals surface area contributed by atoms with Crippen LogP contribution in [0, 0.1) is 5.82 Å². The molecule has 0 aromatic heterocycles. The molecular formula is C17H19ClFNO. The molecule has 1 unspecified atom stereocenters. The standard InChI is InChI=1S/C17H19ClFNO/c1-3-21-17-9-8-14(11-15(17)18)20-12(2)10-13-6-4-5-7-16(13)19/h4-9,11-12,20H,3,10H2,1-2H3. The lowest BCUT2D eigenvalue weighted by Crippen LogP contribution is -2.18. The summed E-state index contributed by atoms with van der Waals surface area (Å²) in [6.45, 7) is 4.51. The second-order valence-corrected chi connectivity index (χ2v) is 5.33. The maximum atomic E-state index is 13.6. The molecule has 0 heterocycles. The first-order chi connectivity index (χ1) is 10.1. The van der Waals surface area contributed by atoms with Crippen LogP contribution >= 0.6 is 11.6 Å². The van der Waals surface area contributed by atoms with E-state index < -0.39 is 0 Å². The van der Waals surface area contributed by atoms with Crippen LogP contribution in [0.2, 0.25) is 5.02 Å². The predicted octanol–water partition coefficient (Wildman–Crippen LogP) is 4.92. The van der Waals surface area contributed by atoms with Crippen molar-refractivity contribution in [1.29, 1.82) is 0 Å².